The molecule has 22 heavy (non-hydrogen) atoms. The molecule has 1 aliphatic heterocycles. The van der Waals surface area contributed by atoms with E-state index >= 15 is 0 Å². The van der Waals surface area contributed by atoms with Crippen LogP contribution in [0.3, 0.4) is 0 Å². The number of aliphatic hydroxyl groups is 3. The molecule has 0 radical (unpaired) electrons. The number of rotatable bonds is 14. The number of ether oxygens (including phenoxy) is 4. The van der Waals surface area contributed by atoms with Crippen LogP contribution in [0.15, 0.2) is 0 Å². The molecule has 8 heteroatoms. The lowest BCUT2D eigenvalue weighted by molar-refractivity contribution is -0.149. The van der Waals surface area contributed by atoms with Gasteiger partial charge >= 0.3 is 5.97 Å². The standard InChI is InChI=1S/C14H26O8/c15-4-2-1-3-14(18)22-7-11(17)6-20-12(5-16)8-19-9-13-10-21-13/h11-13,15-17H,1-10H2. The first-order valence-corrected chi connectivity index (χ1v) is 7.52. The molecular formula is C14H26O8. The molecule has 0 aromatic rings. The summed E-state index contributed by atoms with van der Waals surface area (Å²) in [6.45, 7) is 0.983. The SMILES string of the molecule is O=C(CCCCO)OCC(O)COC(CO)COCC1CO1. The molecule has 3 unspecified atom stereocenters. The Morgan fingerprint density at radius 1 is 1.23 bits per heavy atom. The molecule has 1 fully saturated rings. The van der Waals surface area contributed by atoms with Crippen molar-refractivity contribution in [3.8, 4) is 0 Å². The van der Waals surface area contributed by atoms with Gasteiger partial charge in [0.2, 0.25) is 0 Å². The predicted octanol–water partition coefficient (Wildman–Crippen LogP) is -1.15. The summed E-state index contributed by atoms with van der Waals surface area (Å²) < 4.78 is 20.5. The van der Waals surface area contributed by atoms with Gasteiger partial charge < -0.3 is 34.3 Å². The first-order valence-electron chi connectivity index (χ1n) is 7.52. The third kappa shape index (κ3) is 10.0. The van der Waals surface area contributed by atoms with E-state index in [4.69, 9.17) is 29.2 Å². The summed E-state index contributed by atoms with van der Waals surface area (Å²) >= 11 is 0. The predicted molar refractivity (Wildman–Crippen MR) is 75.3 cm³/mol. The van der Waals surface area contributed by atoms with E-state index in [2.05, 4.69) is 0 Å². The zero-order valence-corrected chi connectivity index (χ0v) is 12.7. The summed E-state index contributed by atoms with van der Waals surface area (Å²) in [7, 11) is 0. The highest BCUT2D eigenvalue weighted by molar-refractivity contribution is 5.69. The van der Waals surface area contributed by atoms with E-state index in [1.165, 1.54) is 0 Å². The number of carbonyl (C=O) groups is 1. The van der Waals surface area contributed by atoms with Crippen LogP contribution in [0.1, 0.15) is 19.3 Å². The lowest BCUT2D eigenvalue weighted by Gasteiger charge is -2.18. The van der Waals surface area contributed by atoms with Crippen molar-refractivity contribution in [2.45, 2.75) is 37.6 Å². The van der Waals surface area contributed by atoms with E-state index in [-0.39, 0.29) is 45.6 Å². The van der Waals surface area contributed by atoms with Gasteiger partial charge in [0.25, 0.3) is 0 Å². The minimum atomic E-state index is -0.956. The van der Waals surface area contributed by atoms with Gasteiger partial charge in [0.05, 0.1) is 33.0 Å². The molecule has 1 heterocycles. The van der Waals surface area contributed by atoms with Gasteiger partial charge in [0.1, 0.15) is 24.9 Å². The van der Waals surface area contributed by atoms with E-state index < -0.39 is 18.2 Å². The second-order valence-corrected chi connectivity index (χ2v) is 5.15. The zero-order chi connectivity index (χ0) is 16.2. The van der Waals surface area contributed by atoms with Gasteiger partial charge in [-0.25, -0.2) is 0 Å². The average Bonchev–Trinajstić information content (AvgIpc) is 3.33. The van der Waals surface area contributed by atoms with Crippen LogP contribution in [-0.2, 0) is 23.7 Å². The third-order valence-corrected chi connectivity index (χ3v) is 2.96. The first kappa shape index (κ1) is 19.3. The fourth-order valence-electron chi connectivity index (χ4n) is 1.59. The number of hydrogen-bond donors (Lipinski definition) is 3. The number of esters is 1. The summed E-state index contributed by atoms with van der Waals surface area (Å²) in [5, 5.41) is 27.4. The lowest BCUT2D eigenvalue weighted by atomic mass is 10.2. The Hall–Kier alpha value is -0.770. The maximum atomic E-state index is 11.3. The molecule has 0 aromatic heterocycles. The second-order valence-electron chi connectivity index (χ2n) is 5.15. The number of carbonyl (C=O) groups excluding carboxylic acids is 1. The largest absolute Gasteiger partial charge is 0.463 e. The highest BCUT2D eigenvalue weighted by Gasteiger charge is 2.23. The molecular weight excluding hydrogens is 296 g/mol. The molecule has 0 amide bonds. The highest BCUT2D eigenvalue weighted by Crippen LogP contribution is 2.09. The Morgan fingerprint density at radius 2 is 2.00 bits per heavy atom. The summed E-state index contributed by atoms with van der Waals surface area (Å²) in [6, 6.07) is 0. The fraction of sp³-hybridized carbons (Fsp3) is 0.929. The molecule has 0 bridgehead atoms. The minimum absolute atomic E-state index is 0.0429. The van der Waals surface area contributed by atoms with Crippen molar-refractivity contribution < 1.29 is 39.1 Å². The molecule has 0 saturated carbocycles. The Bertz CT molecular complexity index is 295. The molecule has 1 saturated heterocycles. The minimum Gasteiger partial charge on any atom is -0.463 e. The maximum absolute atomic E-state index is 11.3. The van der Waals surface area contributed by atoms with Crippen molar-refractivity contribution in [2.24, 2.45) is 0 Å². The van der Waals surface area contributed by atoms with Crippen molar-refractivity contribution in [1.82, 2.24) is 0 Å². The Morgan fingerprint density at radius 3 is 2.64 bits per heavy atom. The smallest absolute Gasteiger partial charge is 0.305 e. The van der Waals surface area contributed by atoms with Crippen LogP contribution in [0.2, 0.25) is 0 Å². The number of unbranched alkanes of at least 4 members (excludes halogenated alkanes) is 1. The van der Waals surface area contributed by atoms with E-state index in [9.17, 15) is 9.90 Å². The summed E-state index contributed by atoms with van der Waals surface area (Å²) in [4.78, 5) is 11.3. The number of hydrogen-bond acceptors (Lipinski definition) is 8. The van der Waals surface area contributed by atoms with Crippen molar-refractivity contribution in [1.29, 1.82) is 0 Å². The molecule has 8 nitrogen and oxygen atoms in total. The highest BCUT2D eigenvalue weighted by atomic mass is 16.6. The summed E-state index contributed by atoms with van der Waals surface area (Å²) in [5.41, 5.74) is 0. The first-order chi connectivity index (χ1) is 10.7. The van der Waals surface area contributed by atoms with Gasteiger partial charge in [-0.05, 0) is 12.8 Å². The third-order valence-electron chi connectivity index (χ3n) is 2.96. The number of epoxide rings is 1. The van der Waals surface area contributed by atoms with E-state index in [1.54, 1.807) is 0 Å². The normalized spacial score (nSPS) is 19.7. The van der Waals surface area contributed by atoms with Crippen molar-refractivity contribution in [3.63, 3.8) is 0 Å². The lowest BCUT2D eigenvalue weighted by Crippen LogP contribution is -2.31. The van der Waals surface area contributed by atoms with Gasteiger partial charge in [0, 0.05) is 13.0 Å². The van der Waals surface area contributed by atoms with Crippen LogP contribution in [0.25, 0.3) is 0 Å². The topological polar surface area (TPSA) is 118 Å². The van der Waals surface area contributed by atoms with Crippen molar-refractivity contribution >= 4 is 5.97 Å². The molecule has 0 spiro atoms. The van der Waals surface area contributed by atoms with Gasteiger partial charge in [-0.15, -0.1) is 0 Å². The maximum Gasteiger partial charge on any atom is 0.305 e. The van der Waals surface area contributed by atoms with Gasteiger partial charge in [-0.2, -0.15) is 0 Å². The van der Waals surface area contributed by atoms with Gasteiger partial charge in [-0.1, -0.05) is 0 Å². The Kier molecular flexibility index (Phi) is 10.3. The average molecular weight is 322 g/mol. The fourth-order valence-corrected chi connectivity index (χ4v) is 1.59. The van der Waals surface area contributed by atoms with E-state index in [0.29, 0.717) is 26.1 Å². The summed E-state index contributed by atoms with van der Waals surface area (Å²) in [6.07, 6.45) is -0.0299. The molecule has 0 aliphatic carbocycles. The van der Waals surface area contributed by atoms with Crippen LogP contribution in [0.4, 0.5) is 0 Å². The quantitative estimate of drug-likeness (QED) is 0.208. The molecule has 0 aromatic carbocycles. The van der Waals surface area contributed by atoms with E-state index in [1.807, 2.05) is 0 Å². The zero-order valence-electron chi connectivity index (χ0n) is 12.7. The molecule has 3 atom stereocenters. The Labute approximate surface area is 129 Å². The number of aliphatic hydroxyl groups excluding tert-OH is 3. The molecule has 3 N–H and O–H groups in total. The molecule has 1 aliphatic rings. The molecule has 1 rings (SSSR count). The Balaban J connectivity index is 2.01. The van der Waals surface area contributed by atoms with Crippen LogP contribution in [0, 0.1) is 0 Å². The van der Waals surface area contributed by atoms with Crippen molar-refractivity contribution in [2.75, 3.05) is 46.2 Å². The van der Waals surface area contributed by atoms with E-state index in [0.717, 1.165) is 0 Å². The van der Waals surface area contributed by atoms with Crippen LogP contribution in [-0.4, -0.2) is 85.8 Å². The van der Waals surface area contributed by atoms with Crippen LogP contribution >= 0.6 is 0 Å². The second kappa shape index (κ2) is 11.8. The molecule has 130 valence electrons. The van der Waals surface area contributed by atoms with Gasteiger partial charge in [0.15, 0.2) is 0 Å². The van der Waals surface area contributed by atoms with Crippen LogP contribution < -0.4 is 0 Å². The van der Waals surface area contributed by atoms with Crippen molar-refractivity contribution in [3.05, 3.63) is 0 Å². The monoisotopic (exact) mass is 322 g/mol. The van der Waals surface area contributed by atoms with Gasteiger partial charge in [-0.3, -0.25) is 4.79 Å². The summed E-state index contributed by atoms with van der Waals surface area (Å²) in [5.74, 6) is -0.418. The van der Waals surface area contributed by atoms with Crippen LogP contribution in [0.5, 0.6) is 0 Å².